The summed E-state index contributed by atoms with van der Waals surface area (Å²) in [5, 5.41) is 3.77. The fraction of sp³-hybridized carbons (Fsp3) is 0.357. The van der Waals surface area contributed by atoms with Gasteiger partial charge in [0.05, 0.1) is 13.2 Å². The van der Waals surface area contributed by atoms with Gasteiger partial charge in [-0.1, -0.05) is 31.5 Å². The number of carbonyl (C=O) groups is 1. The molecule has 0 N–H and O–H groups in total. The van der Waals surface area contributed by atoms with Crippen molar-refractivity contribution in [3.63, 3.8) is 0 Å². The zero-order valence-corrected chi connectivity index (χ0v) is 10.7. The predicted molar refractivity (Wildman–Crippen MR) is 69.2 cm³/mol. The SMILES string of the molecule is CCCC(c1ccccc1OC)N1C=C[N]C1=O. The number of para-hydroxylation sites is 1. The number of carbonyl (C=O) groups excluding carboxylic acids is 1. The molecule has 0 fully saturated rings. The van der Waals surface area contributed by atoms with Gasteiger partial charge >= 0.3 is 6.03 Å². The van der Waals surface area contributed by atoms with Gasteiger partial charge in [-0.2, -0.15) is 0 Å². The Labute approximate surface area is 107 Å². The fourth-order valence-electron chi connectivity index (χ4n) is 2.20. The summed E-state index contributed by atoms with van der Waals surface area (Å²) in [7, 11) is 1.65. The van der Waals surface area contributed by atoms with E-state index >= 15 is 0 Å². The van der Waals surface area contributed by atoms with Crippen LogP contribution in [0.25, 0.3) is 0 Å². The number of hydrogen-bond acceptors (Lipinski definition) is 2. The molecular formula is C14H17N2O2. The minimum absolute atomic E-state index is 0.0128. The van der Waals surface area contributed by atoms with Gasteiger partial charge in [0, 0.05) is 18.0 Å². The van der Waals surface area contributed by atoms with Crippen LogP contribution in [0.1, 0.15) is 31.4 Å². The molecular weight excluding hydrogens is 228 g/mol. The number of ether oxygens (including phenoxy) is 1. The molecule has 2 amide bonds. The Hall–Kier alpha value is -1.97. The Balaban J connectivity index is 2.34. The van der Waals surface area contributed by atoms with Gasteiger partial charge in [-0.25, -0.2) is 10.1 Å². The van der Waals surface area contributed by atoms with Gasteiger partial charge in [0.1, 0.15) is 5.75 Å². The van der Waals surface area contributed by atoms with E-state index in [0.29, 0.717) is 0 Å². The second-order valence-corrected chi connectivity index (χ2v) is 4.16. The second-order valence-electron chi connectivity index (χ2n) is 4.16. The first-order valence-electron chi connectivity index (χ1n) is 6.10. The molecule has 1 atom stereocenters. The Morgan fingerprint density at radius 2 is 2.17 bits per heavy atom. The quantitative estimate of drug-likeness (QED) is 0.800. The summed E-state index contributed by atoms with van der Waals surface area (Å²) in [6.45, 7) is 2.10. The molecule has 2 rings (SSSR count). The van der Waals surface area contributed by atoms with Gasteiger partial charge in [0.15, 0.2) is 0 Å². The first kappa shape index (κ1) is 12.5. The molecule has 1 radical (unpaired) electrons. The Kier molecular flexibility index (Phi) is 3.87. The van der Waals surface area contributed by atoms with E-state index in [1.165, 1.54) is 0 Å². The van der Waals surface area contributed by atoms with Crippen molar-refractivity contribution in [2.24, 2.45) is 0 Å². The highest BCUT2D eigenvalue weighted by Crippen LogP contribution is 2.33. The highest BCUT2D eigenvalue weighted by atomic mass is 16.5. The molecule has 0 saturated carbocycles. The molecule has 1 aromatic rings. The second kappa shape index (κ2) is 5.58. The monoisotopic (exact) mass is 245 g/mol. The fourth-order valence-corrected chi connectivity index (χ4v) is 2.20. The van der Waals surface area contributed by atoms with Crippen LogP contribution in [-0.2, 0) is 0 Å². The van der Waals surface area contributed by atoms with Gasteiger partial charge in [-0.3, -0.25) is 4.90 Å². The average Bonchev–Trinajstić information content (AvgIpc) is 2.82. The van der Waals surface area contributed by atoms with Crippen molar-refractivity contribution in [3.8, 4) is 5.75 Å². The summed E-state index contributed by atoms with van der Waals surface area (Å²) >= 11 is 0. The summed E-state index contributed by atoms with van der Waals surface area (Å²) < 4.78 is 5.37. The van der Waals surface area contributed by atoms with Crippen molar-refractivity contribution in [1.82, 2.24) is 10.2 Å². The van der Waals surface area contributed by atoms with Crippen LogP contribution in [0.3, 0.4) is 0 Å². The van der Waals surface area contributed by atoms with E-state index < -0.39 is 0 Å². The lowest BCUT2D eigenvalue weighted by atomic mass is 10.00. The van der Waals surface area contributed by atoms with Crippen LogP contribution in [0.2, 0.25) is 0 Å². The molecule has 1 unspecified atom stereocenters. The van der Waals surface area contributed by atoms with Crippen molar-refractivity contribution in [2.45, 2.75) is 25.8 Å². The molecule has 95 valence electrons. The molecule has 0 spiro atoms. The van der Waals surface area contributed by atoms with E-state index in [9.17, 15) is 4.79 Å². The predicted octanol–water partition coefficient (Wildman–Crippen LogP) is 3.05. The molecule has 0 aromatic heterocycles. The number of nitrogens with zero attached hydrogens (tertiary/aromatic N) is 2. The molecule has 18 heavy (non-hydrogen) atoms. The number of rotatable bonds is 5. The highest BCUT2D eigenvalue weighted by molar-refractivity contribution is 5.79. The third-order valence-electron chi connectivity index (χ3n) is 3.03. The van der Waals surface area contributed by atoms with Gasteiger partial charge in [0.2, 0.25) is 0 Å². The normalized spacial score (nSPS) is 15.7. The zero-order valence-electron chi connectivity index (χ0n) is 10.7. The van der Waals surface area contributed by atoms with Crippen LogP contribution < -0.4 is 10.1 Å². The lowest BCUT2D eigenvalue weighted by Crippen LogP contribution is -2.29. The molecule has 4 nitrogen and oxygen atoms in total. The van der Waals surface area contributed by atoms with Crippen LogP contribution in [-0.4, -0.2) is 18.0 Å². The molecule has 1 aliphatic heterocycles. The third-order valence-corrected chi connectivity index (χ3v) is 3.03. The van der Waals surface area contributed by atoms with E-state index in [1.54, 1.807) is 24.4 Å². The summed E-state index contributed by atoms with van der Waals surface area (Å²) in [4.78, 5) is 13.4. The van der Waals surface area contributed by atoms with E-state index in [2.05, 4.69) is 12.2 Å². The van der Waals surface area contributed by atoms with E-state index in [1.807, 2.05) is 24.3 Å². The first-order chi connectivity index (χ1) is 8.77. The van der Waals surface area contributed by atoms with Gasteiger partial charge < -0.3 is 4.74 Å². The summed E-state index contributed by atoms with van der Waals surface area (Å²) in [6.07, 6.45) is 5.14. The summed E-state index contributed by atoms with van der Waals surface area (Å²) in [6, 6.07) is 7.58. The Morgan fingerprint density at radius 3 is 2.78 bits per heavy atom. The van der Waals surface area contributed by atoms with E-state index in [-0.39, 0.29) is 12.1 Å². The molecule has 1 heterocycles. The molecule has 1 aromatic carbocycles. The van der Waals surface area contributed by atoms with Gasteiger partial charge in [-0.15, -0.1) is 0 Å². The van der Waals surface area contributed by atoms with Crippen molar-refractivity contribution in [2.75, 3.05) is 7.11 Å². The molecule has 1 aliphatic rings. The summed E-state index contributed by atoms with van der Waals surface area (Å²) in [5.41, 5.74) is 1.02. The van der Waals surface area contributed by atoms with Crippen LogP contribution in [0.4, 0.5) is 4.79 Å². The van der Waals surface area contributed by atoms with Crippen molar-refractivity contribution in [1.29, 1.82) is 0 Å². The lowest BCUT2D eigenvalue weighted by molar-refractivity contribution is 0.205. The summed E-state index contributed by atoms with van der Waals surface area (Å²) in [5.74, 6) is 0.809. The van der Waals surface area contributed by atoms with Gasteiger partial charge in [0.25, 0.3) is 0 Å². The molecule has 4 heteroatoms. The molecule has 0 bridgehead atoms. The van der Waals surface area contributed by atoms with Crippen LogP contribution in [0.5, 0.6) is 5.75 Å². The molecule has 0 saturated heterocycles. The topological polar surface area (TPSA) is 43.6 Å². The highest BCUT2D eigenvalue weighted by Gasteiger charge is 2.28. The third kappa shape index (κ3) is 2.32. The van der Waals surface area contributed by atoms with Crippen LogP contribution in [0.15, 0.2) is 36.7 Å². The smallest absolute Gasteiger partial charge is 0.348 e. The molecule has 0 aliphatic carbocycles. The number of urea groups is 1. The van der Waals surface area contributed by atoms with Crippen molar-refractivity contribution >= 4 is 6.03 Å². The Bertz CT molecular complexity index is 457. The largest absolute Gasteiger partial charge is 0.496 e. The number of benzene rings is 1. The standard InChI is InChI=1S/C14H17N2O2/c1-3-6-12(16-10-9-15-14(16)17)11-7-4-5-8-13(11)18-2/h4-5,7-10,12H,3,6H2,1-2H3. The Morgan fingerprint density at radius 1 is 1.39 bits per heavy atom. The van der Waals surface area contributed by atoms with Crippen LogP contribution >= 0.6 is 0 Å². The van der Waals surface area contributed by atoms with Crippen molar-refractivity contribution < 1.29 is 9.53 Å². The number of methoxy groups -OCH3 is 1. The number of amides is 2. The maximum Gasteiger partial charge on any atom is 0.348 e. The van der Waals surface area contributed by atoms with Crippen LogP contribution in [0, 0.1) is 0 Å². The average molecular weight is 245 g/mol. The minimum atomic E-state index is -0.209. The zero-order chi connectivity index (χ0) is 13.0. The lowest BCUT2D eigenvalue weighted by Gasteiger charge is -2.26. The van der Waals surface area contributed by atoms with E-state index in [4.69, 9.17) is 4.74 Å². The van der Waals surface area contributed by atoms with E-state index in [0.717, 1.165) is 24.2 Å². The maximum absolute atomic E-state index is 11.7. The van der Waals surface area contributed by atoms with Gasteiger partial charge in [-0.05, 0) is 12.5 Å². The maximum atomic E-state index is 11.7. The minimum Gasteiger partial charge on any atom is -0.496 e. The van der Waals surface area contributed by atoms with Crippen molar-refractivity contribution in [3.05, 3.63) is 42.2 Å². The number of hydrogen-bond donors (Lipinski definition) is 0. The first-order valence-corrected chi connectivity index (χ1v) is 6.10.